The van der Waals surface area contributed by atoms with Crippen molar-refractivity contribution in [3.63, 3.8) is 0 Å². The van der Waals surface area contributed by atoms with E-state index < -0.39 is 0 Å². The maximum absolute atomic E-state index is 4.67. The van der Waals surface area contributed by atoms with Crippen molar-refractivity contribution in [2.24, 2.45) is 0 Å². The molecule has 1 aromatic carbocycles. The Morgan fingerprint density at radius 2 is 2.25 bits per heavy atom. The van der Waals surface area contributed by atoms with Crippen LogP contribution in [0.3, 0.4) is 0 Å². The smallest absolute Gasteiger partial charge is 0.245 e. The van der Waals surface area contributed by atoms with Crippen molar-refractivity contribution in [2.45, 2.75) is 19.9 Å². The molecule has 1 aromatic heterocycles. The van der Waals surface area contributed by atoms with Crippen LogP contribution in [0.5, 0.6) is 0 Å². The van der Waals surface area contributed by atoms with E-state index >= 15 is 0 Å². The first-order valence-electron chi connectivity index (χ1n) is 6.81. The number of hydrogen-bond donors (Lipinski definition) is 2. The highest BCUT2D eigenvalue weighted by Crippen LogP contribution is 2.26. The SMILES string of the molecule is Cc1cccc(-c2nc(N3CCN[C@@H](C)C3)n[nH]2)c1I. The van der Waals surface area contributed by atoms with Gasteiger partial charge in [-0.2, -0.15) is 4.98 Å². The second-order valence-corrected chi connectivity index (χ2v) is 6.30. The zero-order valence-corrected chi connectivity index (χ0v) is 13.8. The van der Waals surface area contributed by atoms with E-state index in [0.29, 0.717) is 6.04 Å². The minimum atomic E-state index is 0.477. The Morgan fingerprint density at radius 3 is 3.05 bits per heavy atom. The molecule has 0 spiro atoms. The molecule has 1 fully saturated rings. The van der Waals surface area contributed by atoms with Crippen LogP contribution >= 0.6 is 22.6 Å². The van der Waals surface area contributed by atoms with E-state index in [1.807, 2.05) is 0 Å². The Balaban J connectivity index is 1.88. The molecule has 20 heavy (non-hydrogen) atoms. The number of hydrogen-bond acceptors (Lipinski definition) is 4. The van der Waals surface area contributed by atoms with E-state index in [-0.39, 0.29) is 0 Å². The van der Waals surface area contributed by atoms with E-state index in [1.165, 1.54) is 9.13 Å². The van der Waals surface area contributed by atoms with Crippen LogP contribution in [0.2, 0.25) is 0 Å². The van der Waals surface area contributed by atoms with Gasteiger partial charge in [0.1, 0.15) is 0 Å². The Labute approximate surface area is 132 Å². The van der Waals surface area contributed by atoms with E-state index in [4.69, 9.17) is 0 Å². The summed E-state index contributed by atoms with van der Waals surface area (Å²) in [6.07, 6.45) is 0. The maximum Gasteiger partial charge on any atom is 0.245 e. The Bertz CT molecular complexity index is 609. The van der Waals surface area contributed by atoms with Crippen molar-refractivity contribution >= 4 is 28.5 Å². The Hall–Kier alpha value is -1.15. The minimum Gasteiger partial charge on any atom is -0.337 e. The second-order valence-electron chi connectivity index (χ2n) is 5.22. The first-order valence-corrected chi connectivity index (χ1v) is 7.89. The van der Waals surface area contributed by atoms with E-state index in [1.54, 1.807) is 0 Å². The summed E-state index contributed by atoms with van der Waals surface area (Å²) in [6, 6.07) is 6.73. The molecule has 0 radical (unpaired) electrons. The van der Waals surface area contributed by atoms with Gasteiger partial charge in [0, 0.05) is 34.8 Å². The van der Waals surface area contributed by atoms with Gasteiger partial charge in [-0.1, -0.05) is 18.2 Å². The average Bonchev–Trinajstić information content (AvgIpc) is 2.91. The van der Waals surface area contributed by atoms with Gasteiger partial charge in [0.2, 0.25) is 5.95 Å². The fourth-order valence-electron chi connectivity index (χ4n) is 2.46. The fraction of sp³-hybridized carbons (Fsp3) is 0.429. The number of rotatable bonds is 2. The summed E-state index contributed by atoms with van der Waals surface area (Å²) in [7, 11) is 0. The molecule has 3 rings (SSSR count). The predicted molar refractivity (Wildman–Crippen MR) is 89.0 cm³/mol. The van der Waals surface area contributed by atoms with Gasteiger partial charge in [-0.05, 0) is 42.0 Å². The monoisotopic (exact) mass is 383 g/mol. The second kappa shape index (κ2) is 5.69. The van der Waals surface area contributed by atoms with Gasteiger partial charge < -0.3 is 10.2 Å². The first-order chi connectivity index (χ1) is 9.65. The Kier molecular flexibility index (Phi) is 3.93. The lowest BCUT2D eigenvalue weighted by atomic mass is 10.1. The normalized spacial score (nSPS) is 19.4. The van der Waals surface area contributed by atoms with Crippen LogP contribution in [0.1, 0.15) is 12.5 Å². The van der Waals surface area contributed by atoms with Crippen LogP contribution in [-0.2, 0) is 0 Å². The highest BCUT2D eigenvalue weighted by atomic mass is 127. The van der Waals surface area contributed by atoms with Crippen LogP contribution in [0.25, 0.3) is 11.4 Å². The summed E-state index contributed by atoms with van der Waals surface area (Å²) < 4.78 is 1.22. The van der Waals surface area contributed by atoms with Crippen molar-refractivity contribution in [1.82, 2.24) is 20.5 Å². The molecule has 5 nitrogen and oxygen atoms in total. The topological polar surface area (TPSA) is 56.8 Å². The number of H-pyrrole nitrogens is 1. The molecular formula is C14H18IN5. The van der Waals surface area contributed by atoms with Gasteiger partial charge in [-0.15, -0.1) is 5.10 Å². The quantitative estimate of drug-likeness (QED) is 0.781. The summed E-state index contributed by atoms with van der Waals surface area (Å²) in [6.45, 7) is 7.17. The summed E-state index contributed by atoms with van der Waals surface area (Å²) in [5, 5.41) is 10.9. The molecular weight excluding hydrogens is 365 g/mol. The van der Waals surface area contributed by atoms with Crippen LogP contribution in [0.4, 0.5) is 5.95 Å². The lowest BCUT2D eigenvalue weighted by Crippen LogP contribution is -2.49. The van der Waals surface area contributed by atoms with Crippen LogP contribution < -0.4 is 10.2 Å². The highest BCUT2D eigenvalue weighted by Gasteiger charge is 2.20. The van der Waals surface area contributed by atoms with E-state index in [2.05, 4.69) is 80.0 Å². The summed E-state index contributed by atoms with van der Waals surface area (Å²) >= 11 is 2.36. The van der Waals surface area contributed by atoms with Gasteiger partial charge in [-0.3, -0.25) is 5.10 Å². The van der Waals surface area contributed by atoms with Crippen LogP contribution in [0.15, 0.2) is 18.2 Å². The molecule has 2 aromatic rings. The molecule has 1 aliphatic rings. The zero-order chi connectivity index (χ0) is 14.1. The van der Waals surface area contributed by atoms with Gasteiger partial charge in [0.25, 0.3) is 0 Å². The number of halogens is 1. The maximum atomic E-state index is 4.67. The molecule has 0 amide bonds. The van der Waals surface area contributed by atoms with Crippen LogP contribution in [-0.4, -0.2) is 40.9 Å². The molecule has 0 aliphatic carbocycles. The van der Waals surface area contributed by atoms with E-state index in [9.17, 15) is 0 Å². The van der Waals surface area contributed by atoms with Gasteiger partial charge in [0.15, 0.2) is 5.82 Å². The third-order valence-electron chi connectivity index (χ3n) is 3.57. The minimum absolute atomic E-state index is 0.477. The summed E-state index contributed by atoms with van der Waals surface area (Å²) in [5.41, 5.74) is 2.38. The molecule has 1 aliphatic heterocycles. The molecule has 6 heteroatoms. The van der Waals surface area contributed by atoms with Crippen molar-refractivity contribution in [3.05, 3.63) is 27.3 Å². The number of aromatic nitrogens is 3. The molecule has 0 bridgehead atoms. The van der Waals surface area contributed by atoms with E-state index in [0.717, 1.165) is 37.0 Å². The third kappa shape index (κ3) is 2.67. The fourth-order valence-corrected chi connectivity index (χ4v) is 3.07. The number of aromatic amines is 1. The molecule has 0 unspecified atom stereocenters. The number of piperazine rings is 1. The first kappa shape index (κ1) is 13.8. The largest absolute Gasteiger partial charge is 0.337 e. The van der Waals surface area contributed by atoms with Crippen molar-refractivity contribution < 1.29 is 0 Å². The standard InChI is InChI=1S/C14H18IN5/c1-9-4-3-5-11(12(9)15)13-17-14(19-18-13)20-7-6-16-10(2)8-20/h3-5,10,16H,6-8H2,1-2H3,(H,17,18,19)/t10-/m0/s1. The average molecular weight is 383 g/mol. The lowest BCUT2D eigenvalue weighted by molar-refractivity contribution is 0.480. The number of benzene rings is 1. The lowest BCUT2D eigenvalue weighted by Gasteiger charge is -2.30. The van der Waals surface area contributed by atoms with Gasteiger partial charge in [0.05, 0.1) is 0 Å². The van der Waals surface area contributed by atoms with Crippen molar-refractivity contribution in [2.75, 3.05) is 24.5 Å². The molecule has 2 N–H and O–H groups in total. The number of anilines is 1. The van der Waals surface area contributed by atoms with Crippen LogP contribution in [0, 0.1) is 10.5 Å². The Morgan fingerprint density at radius 1 is 1.40 bits per heavy atom. The highest BCUT2D eigenvalue weighted by molar-refractivity contribution is 14.1. The van der Waals surface area contributed by atoms with Gasteiger partial charge >= 0.3 is 0 Å². The molecule has 106 valence electrons. The van der Waals surface area contributed by atoms with Crippen molar-refractivity contribution in [3.8, 4) is 11.4 Å². The molecule has 0 saturated carbocycles. The summed E-state index contributed by atoms with van der Waals surface area (Å²) in [4.78, 5) is 6.89. The zero-order valence-electron chi connectivity index (χ0n) is 11.7. The van der Waals surface area contributed by atoms with Crippen molar-refractivity contribution in [1.29, 1.82) is 0 Å². The van der Waals surface area contributed by atoms with Gasteiger partial charge in [-0.25, -0.2) is 0 Å². The third-order valence-corrected chi connectivity index (χ3v) is 5.00. The molecule has 2 heterocycles. The molecule has 1 saturated heterocycles. The molecule has 1 atom stereocenters. The number of nitrogens with zero attached hydrogens (tertiary/aromatic N) is 3. The predicted octanol–water partition coefficient (Wildman–Crippen LogP) is 2.18. The number of aryl methyl sites for hydroxylation is 1. The number of nitrogens with one attached hydrogen (secondary N) is 2. The summed E-state index contributed by atoms with van der Waals surface area (Å²) in [5.74, 6) is 1.64.